The normalized spacial score (nSPS) is 14.5. The van der Waals surface area contributed by atoms with E-state index >= 15 is 0 Å². The Morgan fingerprint density at radius 3 is 1.49 bits per heavy atom. The molecule has 0 saturated carbocycles. The second-order valence-electron chi connectivity index (χ2n) is 12.0. The zero-order chi connectivity index (χ0) is 37.5. The van der Waals surface area contributed by atoms with E-state index < -0.39 is 32.5 Å². The van der Waals surface area contributed by atoms with Gasteiger partial charge in [0.2, 0.25) is 0 Å². The molecule has 0 aliphatic heterocycles. The van der Waals surface area contributed by atoms with Gasteiger partial charge in [-0.05, 0) is 70.6 Å². The monoisotopic (exact) mass is 730 g/mol. The Balaban J connectivity index is 4.22. The minimum absolute atomic E-state index is 0.00472. The van der Waals surface area contributed by atoms with E-state index in [0.29, 0.717) is 12.8 Å². The van der Waals surface area contributed by atoms with Gasteiger partial charge < -0.3 is 14.4 Å². The average molecular weight is 731 g/mol. The van der Waals surface area contributed by atoms with Crippen LogP contribution in [0.25, 0.3) is 0 Å². The van der Waals surface area contributed by atoms with Crippen LogP contribution in [-0.4, -0.2) is 43.3 Å². The minimum atomic E-state index is -4.29. The van der Waals surface area contributed by atoms with E-state index in [4.69, 9.17) is 14.0 Å². The molecule has 0 amide bonds. The summed E-state index contributed by atoms with van der Waals surface area (Å²) >= 11 is 0. The van der Waals surface area contributed by atoms with Crippen molar-refractivity contribution in [3.8, 4) is 0 Å². The van der Waals surface area contributed by atoms with Crippen LogP contribution in [0.2, 0.25) is 0 Å². The SMILES string of the molecule is CC/C=C\C/C=C\C/C=C\C/C=C\C/C=C\CC(=O)OC(COC(=O)CCCCCCCCC/C=C\C/C=C\C/C=C\CC)COP(=O)(O)OC. The maximum absolute atomic E-state index is 12.4. The third kappa shape index (κ3) is 36.6. The quantitative estimate of drug-likeness (QED) is 0.0308. The van der Waals surface area contributed by atoms with Gasteiger partial charge in [-0.25, -0.2) is 4.57 Å². The van der Waals surface area contributed by atoms with Gasteiger partial charge in [0.15, 0.2) is 6.10 Å². The molecule has 0 spiro atoms. The molecule has 1 N–H and O–H groups in total. The van der Waals surface area contributed by atoms with E-state index in [-0.39, 0.29) is 19.4 Å². The van der Waals surface area contributed by atoms with E-state index in [1.165, 1.54) is 19.3 Å². The number of allylic oxidation sites excluding steroid dienone is 15. The van der Waals surface area contributed by atoms with Gasteiger partial charge in [0, 0.05) is 13.5 Å². The summed E-state index contributed by atoms with van der Waals surface area (Å²) in [6, 6.07) is 0. The Hall–Kier alpha value is -3.03. The maximum atomic E-state index is 12.4. The largest absolute Gasteiger partial charge is 0.472 e. The number of esters is 2. The van der Waals surface area contributed by atoms with E-state index in [1.54, 1.807) is 6.08 Å². The van der Waals surface area contributed by atoms with Crippen LogP contribution in [0.3, 0.4) is 0 Å². The van der Waals surface area contributed by atoms with E-state index in [1.807, 2.05) is 12.2 Å². The average Bonchev–Trinajstić information content (AvgIpc) is 3.12. The van der Waals surface area contributed by atoms with Crippen molar-refractivity contribution in [3.05, 3.63) is 97.2 Å². The molecule has 0 fully saturated rings. The predicted molar refractivity (Wildman–Crippen MR) is 211 cm³/mol. The number of carbonyl (C=O) groups is 2. The molecule has 0 radical (unpaired) electrons. The van der Waals surface area contributed by atoms with Crippen LogP contribution < -0.4 is 0 Å². The Labute approximate surface area is 309 Å². The van der Waals surface area contributed by atoms with Crippen molar-refractivity contribution >= 4 is 19.8 Å². The molecule has 0 bridgehead atoms. The summed E-state index contributed by atoms with van der Waals surface area (Å²) in [4.78, 5) is 34.3. The highest BCUT2D eigenvalue weighted by atomic mass is 31.2. The van der Waals surface area contributed by atoms with Gasteiger partial charge in [-0.15, -0.1) is 0 Å². The van der Waals surface area contributed by atoms with Crippen molar-refractivity contribution in [2.75, 3.05) is 20.3 Å². The first-order chi connectivity index (χ1) is 24.8. The highest BCUT2D eigenvalue weighted by molar-refractivity contribution is 7.47. The van der Waals surface area contributed by atoms with Crippen molar-refractivity contribution < 1.29 is 37.6 Å². The summed E-state index contributed by atoms with van der Waals surface area (Å²) in [6.07, 6.45) is 49.1. The number of hydrogen-bond donors (Lipinski definition) is 1. The van der Waals surface area contributed by atoms with Gasteiger partial charge in [0.05, 0.1) is 13.0 Å². The molecule has 0 aliphatic rings. The third-order valence-corrected chi connectivity index (χ3v) is 8.29. The van der Waals surface area contributed by atoms with Crippen LogP contribution in [0, 0.1) is 0 Å². The molecule has 8 nitrogen and oxygen atoms in total. The minimum Gasteiger partial charge on any atom is -0.462 e. The van der Waals surface area contributed by atoms with E-state index in [0.717, 1.165) is 77.7 Å². The van der Waals surface area contributed by atoms with Crippen molar-refractivity contribution in [1.82, 2.24) is 0 Å². The molecule has 288 valence electrons. The van der Waals surface area contributed by atoms with Crippen LogP contribution in [0.5, 0.6) is 0 Å². The Bertz CT molecular complexity index is 1150. The zero-order valence-corrected chi connectivity index (χ0v) is 32.6. The predicted octanol–water partition coefficient (Wildman–Crippen LogP) is 11.7. The van der Waals surface area contributed by atoms with Crippen LogP contribution in [0.1, 0.15) is 129 Å². The number of phosphoric acid groups is 1. The van der Waals surface area contributed by atoms with Crippen LogP contribution in [0.15, 0.2) is 97.2 Å². The number of ether oxygens (including phenoxy) is 2. The summed E-state index contributed by atoms with van der Waals surface area (Å²) < 4.78 is 31.7. The first kappa shape index (κ1) is 48.0. The molecule has 2 atom stereocenters. The van der Waals surface area contributed by atoms with Gasteiger partial charge in [0.25, 0.3) is 0 Å². The lowest BCUT2D eigenvalue weighted by Crippen LogP contribution is -2.29. The lowest BCUT2D eigenvalue weighted by Gasteiger charge is -2.19. The molecule has 0 aromatic heterocycles. The summed E-state index contributed by atoms with van der Waals surface area (Å²) in [5.41, 5.74) is 0. The fourth-order valence-corrected chi connectivity index (χ4v) is 4.97. The molecule has 0 aliphatic carbocycles. The maximum Gasteiger partial charge on any atom is 0.472 e. The van der Waals surface area contributed by atoms with Gasteiger partial charge in [0.1, 0.15) is 6.61 Å². The molecule has 51 heavy (non-hydrogen) atoms. The van der Waals surface area contributed by atoms with Gasteiger partial charge in [-0.3, -0.25) is 18.6 Å². The van der Waals surface area contributed by atoms with Crippen LogP contribution in [0.4, 0.5) is 0 Å². The van der Waals surface area contributed by atoms with Crippen molar-refractivity contribution in [2.24, 2.45) is 0 Å². The molecule has 2 unspecified atom stereocenters. The van der Waals surface area contributed by atoms with Gasteiger partial charge >= 0.3 is 19.8 Å². The van der Waals surface area contributed by atoms with Crippen molar-refractivity contribution in [1.29, 1.82) is 0 Å². The molecule has 0 saturated heterocycles. The third-order valence-electron chi connectivity index (χ3n) is 7.36. The highest BCUT2D eigenvalue weighted by Crippen LogP contribution is 2.42. The van der Waals surface area contributed by atoms with Gasteiger partial charge in [-0.1, -0.05) is 143 Å². The summed E-state index contributed by atoms with van der Waals surface area (Å²) in [5.74, 6) is -0.975. The van der Waals surface area contributed by atoms with Crippen LogP contribution >= 0.6 is 7.82 Å². The fourth-order valence-electron chi connectivity index (χ4n) is 4.51. The number of carbonyl (C=O) groups excluding carboxylic acids is 2. The fraction of sp³-hybridized carbons (Fsp3) is 0.571. The summed E-state index contributed by atoms with van der Waals surface area (Å²) in [7, 11) is -3.25. The second kappa shape index (κ2) is 36.8. The standard InChI is InChI=1S/C42H67O8P/c1-4-6-8-10-12-14-16-18-20-21-23-24-26-28-30-32-34-36-41(43)48-38-40(39-49-51(45,46)47-3)50-42(44)37-35-33-31-29-27-25-22-19-17-15-13-11-9-7-5-2/h6-9,12-15,18-20,22,27,29,33,35,40H,4-5,10-11,16-17,21,23-26,28,30-32,34,36-39H2,1-3H3,(H,45,46)/b8-6-,9-7-,14-12-,15-13-,20-18-,22-19-,29-27-,35-33-. The molecular weight excluding hydrogens is 663 g/mol. The zero-order valence-electron chi connectivity index (χ0n) is 31.7. The number of rotatable bonds is 33. The van der Waals surface area contributed by atoms with Crippen molar-refractivity contribution in [3.63, 3.8) is 0 Å². The van der Waals surface area contributed by atoms with Gasteiger partial charge in [-0.2, -0.15) is 0 Å². The molecule has 9 heteroatoms. The lowest BCUT2D eigenvalue weighted by atomic mass is 10.1. The summed E-state index contributed by atoms with van der Waals surface area (Å²) in [5, 5.41) is 0. The van der Waals surface area contributed by atoms with Crippen LogP contribution in [-0.2, 0) is 32.7 Å². The Kier molecular flexibility index (Phi) is 34.6. The number of hydrogen-bond acceptors (Lipinski definition) is 7. The first-order valence-corrected chi connectivity index (χ1v) is 20.4. The molecule has 0 rings (SSSR count). The van der Waals surface area contributed by atoms with Crippen molar-refractivity contribution in [2.45, 2.75) is 136 Å². The van der Waals surface area contributed by atoms with E-state index in [2.05, 4.69) is 97.4 Å². The first-order valence-electron chi connectivity index (χ1n) is 18.9. The lowest BCUT2D eigenvalue weighted by molar-refractivity contribution is -0.160. The summed E-state index contributed by atoms with van der Waals surface area (Å²) in [6.45, 7) is 3.54. The Morgan fingerprint density at radius 1 is 0.569 bits per heavy atom. The number of unbranched alkanes of at least 4 members (excludes halogenated alkanes) is 7. The second-order valence-corrected chi connectivity index (χ2v) is 13.5. The molecule has 0 heterocycles. The molecule has 0 aromatic carbocycles. The van der Waals surface area contributed by atoms with E-state index in [9.17, 15) is 19.0 Å². The number of phosphoric ester groups is 1. The molecular formula is C42H67O8P. The Morgan fingerprint density at radius 2 is 1.00 bits per heavy atom. The highest BCUT2D eigenvalue weighted by Gasteiger charge is 2.24. The topological polar surface area (TPSA) is 108 Å². The molecule has 0 aromatic rings. The smallest absolute Gasteiger partial charge is 0.462 e.